The molecule has 0 radical (unpaired) electrons. The van der Waals surface area contributed by atoms with E-state index in [2.05, 4.69) is 0 Å². The van der Waals surface area contributed by atoms with Crippen molar-refractivity contribution in [2.24, 2.45) is 0 Å². The molecule has 0 bridgehead atoms. The molecule has 0 spiro atoms. The second kappa shape index (κ2) is 4.63. The third-order valence-corrected chi connectivity index (χ3v) is 2.96. The number of nitrogens with two attached hydrogens (primary N) is 1. The maximum Gasteiger partial charge on any atom is 0.342 e. The monoisotopic (exact) mass is 251 g/mol. The fourth-order valence-corrected chi connectivity index (χ4v) is 2.26. The Morgan fingerprint density at radius 3 is 2.88 bits per heavy atom. The van der Waals surface area contributed by atoms with Crippen LogP contribution in [0.25, 0.3) is 11.3 Å². The first-order chi connectivity index (χ1) is 8.09. The summed E-state index contributed by atoms with van der Waals surface area (Å²) in [6.07, 6.45) is 1.38. The molecular formula is C12H13NO3S. The van der Waals surface area contributed by atoms with Gasteiger partial charge in [-0.15, -0.1) is 11.3 Å². The minimum absolute atomic E-state index is 0.175. The standard InChI is InChI=1S/C12H13NO3S/c1-7(2)16-12(14)10-8(6-17-11(10)13)9-4-3-5-15-9/h3-7H,13H2,1-2H3. The van der Waals surface area contributed by atoms with Crippen molar-refractivity contribution in [3.05, 3.63) is 29.3 Å². The average Bonchev–Trinajstić information content (AvgIpc) is 2.84. The normalized spacial score (nSPS) is 10.8. The summed E-state index contributed by atoms with van der Waals surface area (Å²) in [6, 6.07) is 3.55. The van der Waals surface area contributed by atoms with Gasteiger partial charge in [0.25, 0.3) is 0 Å². The first-order valence-corrected chi connectivity index (χ1v) is 6.09. The number of furan rings is 1. The van der Waals surface area contributed by atoms with Crippen LogP contribution in [0.1, 0.15) is 24.2 Å². The number of anilines is 1. The summed E-state index contributed by atoms with van der Waals surface area (Å²) in [4.78, 5) is 11.9. The SMILES string of the molecule is CC(C)OC(=O)c1c(-c2ccco2)csc1N. The molecule has 0 aliphatic rings. The first-order valence-electron chi connectivity index (χ1n) is 5.21. The van der Waals surface area contributed by atoms with Gasteiger partial charge in [-0.1, -0.05) is 0 Å². The predicted molar refractivity (Wildman–Crippen MR) is 67.0 cm³/mol. The number of rotatable bonds is 3. The van der Waals surface area contributed by atoms with E-state index in [-0.39, 0.29) is 6.10 Å². The highest BCUT2D eigenvalue weighted by Gasteiger charge is 2.22. The van der Waals surface area contributed by atoms with Gasteiger partial charge in [0.1, 0.15) is 16.3 Å². The third kappa shape index (κ3) is 2.34. The summed E-state index contributed by atoms with van der Waals surface area (Å²) in [5, 5.41) is 2.24. The summed E-state index contributed by atoms with van der Waals surface area (Å²) in [5.74, 6) is 0.207. The van der Waals surface area contributed by atoms with Crippen LogP contribution in [-0.4, -0.2) is 12.1 Å². The van der Waals surface area contributed by atoms with Crippen molar-refractivity contribution in [3.63, 3.8) is 0 Å². The lowest BCUT2D eigenvalue weighted by molar-refractivity contribution is 0.0380. The molecule has 0 aliphatic carbocycles. The van der Waals surface area contributed by atoms with Crippen molar-refractivity contribution in [2.45, 2.75) is 20.0 Å². The molecule has 0 aliphatic heterocycles. The molecular weight excluding hydrogens is 238 g/mol. The molecule has 17 heavy (non-hydrogen) atoms. The minimum atomic E-state index is -0.412. The molecule has 2 aromatic heterocycles. The van der Waals surface area contributed by atoms with Gasteiger partial charge in [0.2, 0.25) is 0 Å². The molecule has 0 saturated heterocycles. The van der Waals surface area contributed by atoms with Crippen LogP contribution in [0.5, 0.6) is 0 Å². The molecule has 5 heteroatoms. The van der Waals surface area contributed by atoms with Crippen LogP contribution in [-0.2, 0) is 4.74 Å². The lowest BCUT2D eigenvalue weighted by atomic mass is 10.1. The highest BCUT2D eigenvalue weighted by atomic mass is 32.1. The highest BCUT2D eigenvalue weighted by molar-refractivity contribution is 7.14. The van der Waals surface area contributed by atoms with Crippen molar-refractivity contribution in [1.82, 2.24) is 0 Å². The maximum absolute atomic E-state index is 11.9. The highest BCUT2D eigenvalue weighted by Crippen LogP contribution is 2.34. The van der Waals surface area contributed by atoms with E-state index in [0.29, 0.717) is 21.9 Å². The number of hydrogen-bond acceptors (Lipinski definition) is 5. The molecule has 0 aromatic carbocycles. The van der Waals surface area contributed by atoms with Gasteiger partial charge in [0.05, 0.1) is 12.4 Å². The molecule has 0 amide bonds. The van der Waals surface area contributed by atoms with Crippen LogP contribution in [0.2, 0.25) is 0 Å². The van der Waals surface area contributed by atoms with E-state index in [0.717, 1.165) is 0 Å². The van der Waals surface area contributed by atoms with E-state index < -0.39 is 5.97 Å². The average molecular weight is 251 g/mol. The van der Waals surface area contributed by atoms with Crippen molar-refractivity contribution in [2.75, 3.05) is 5.73 Å². The van der Waals surface area contributed by atoms with Gasteiger partial charge in [-0.25, -0.2) is 4.79 Å². The Morgan fingerprint density at radius 2 is 2.29 bits per heavy atom. The number of ether oxygens (including phenoxy) is 1. The molecule has 0 saturated carbocycles. The zero-order valence-electron chi connectivity index (χ0n) is 9.60. The van der Waals surface area contributed by atoms with Crippen LogP contribution in [0, 0.1) is 0 Å². The molecule has 0 atom stereocenters. The van der Waals surface area contributed by atoms with Crippen molar-refractivity contribution in [1.29, 1.82) is 0 Å². The molecule has 2 N–H and O–H groups in total. The Hall–Kier alpha value is -1.75. The second-order valence-corrected chi connectivity index (χ2v) is 4.73. The van der Waals surface area contributed by atoms with Crippen molar-refractivity contribution >= 4 is 22.3 Å². The lowest BCUT2D eigenvalue weighted by Crippen LogP contribution is -2.13. The molecule has 2 heterocycles. The van der Waals surface area contributed by atoms with E-state index in [9.17, 15) is 4.79 Å². The third-order valence-electron chi connectivity index (χ3n) is 2.15. The Morgan fingerprint density at radius 1 is 1.53 bits per heavy atom. The molecule has 90 valence electrons. The van der Waals surface area contributed by atoms with E-state index in [1.54, 1.807) is 37.6 Å². The summed E-state index contributed by atoms with van der Waals surface area (Å²) in [7, 11) is 0. The number of esters is 1. The summed E-state index contributed by atoms with van der Waals surface area (Å²) in [6.45, 7) is 3.60. The van der Waals surface area contributed by atoms with Gasteiger partial charge in [0, 0.05) is 10.9 Å². The van der Waals surface area contributed by atoms with Crippen LogP contribution in [0.3, 0.4) is 0 Å². The molecule has 2 rings (SSSR count). The second-order valence-electron chi connectivity index (χ2n) is 3.82. The molecule has 4 nitrogen and oxygen atoms in total. The van der Waals surface area contributed by atoms with Crippen LogP contribution >= 0.6 is 11.3 Å². The zero-order chi connectivity index (χ0) is 12.4. The Balaban J connectivity index is 2.40. The van der Waals surface area contributed by atoms with Crippen LogP contribution in [0.4, 0.5) is 5.00 Å². The maximum atomic E-state index is 11.9. The number of thiophene rings is 1. The zero-order valence-corrected chi connectivity index (χ0v) is 10.4. The summed E-state index contributed by atoms with van der Waals surface area (Å²) >= 11 is 1.30. The number of carbonyl (C=O) groups excluding carboxylic acids is 1. The summed E-state index contributed by atoms with van der Waals surface area (Å²) in [5.41, 5.74) is 6.87. The van der Waals surface area contributed by atoms with E-state index in [1.807, 2.05) is 0 Å². The smallest absolute Gasteiger partial charge is 0.342 e. The fraction of sp³-hybridized carbons (Fsp3) is 0.250. The Kier molecular flexibility index (Phi) is 3.19. The van der Waals surface area contributed by atoms with Gasteiger partial charge in [0.15, 0.2) is 0 Å². The minimum Gasteiger partial charge on any atom is -0.464 e. The lowest BCUT2D eigenvalue weighted by Gasteiger charge is -2.08. The largest absolute Gasteiger partial charge is 0.464 e. The van der Waals surface area contributed by atoms with Gasteiger partial charge in [-0.2, -0.15) is 0 Å². The Bertz CT molecular complexity index is 514. The van der Waals surface area contributed by atoms with Crippen molar-refractivity contribution < 1.29 is 13.9 Å². The van der Waals surface area contributed by atoms with Crippen LogP contribution in [0.15, 0.2) is 28.2 Å². The molecule has 0 unspecified atom stereocenters. The van der Waals surface area contributed by atoms with Gasteiger partial charge in [-0.05, 0) is 26.0 Å². The topological polar surface area (TPSA) is 65.5 Å². The number of carbonyl (C=O) groups is 1. The van der Waals surface area contributed by atoms with E-state index >= 15 is 0 Å². The fourth-order valence-electron chi connectivity index (χ4n) is 1.47. The van der Waals surface area contributed by atoms with Gasteiger partial charge < -0.3 is 14.9 Å². The van der Waals surface area contributed by atoms with Gasteiger partial charge in [-0.3, -0.25) is 0 Å². The first kappa shape index (κ1) is 11.7. The molecule has 0 fully saturated rings. The van der Waals surface area contributed by atoms with E-state index in [4.69, 9.17) is 14.9 Å². The predicted octanol–water partition coefficient (Wildman–Crippen LogP) is 3.16. The number of hydrogen-bond donors (Lipinski definition) is 1. The molecule has 2 aromatic rings. The van der Waals surface area contributed by atoms with Gasteiger partial charge >= 0.3 is 5.97 Å². The van der Waals surface area contributed by atoms with Crippen LogP contribution < -0.4 is 5.73 Å². The Labute approximate surface area is 103 Å². The number of nitrogen functional groups attached to an aromatic ring is 1. The van der Waals surface area contributed by atoms with Crippen molar-refractivity contribution in [3.8, 4) is 11.3 Å². The summed E-state index contributed by atoms with van der Waals surface area (Å²) < 4.78 is 10.4. The van der Waals surface area contributed by atoms with E-state index in [1.165, 1.54) is 11.3 Å². The quantitative estimate of drug-likeness (QED) is 0.851.